The summed E-state index contributed by atoms with van der Waals surface area (Å²) in [5.74, 6) is 0. The number of rotatable bonds is 8. The molecule has 0 radical (unpaired) electrons. The number of hydrogen-bond acceptors (Lipinski definition) is 3. The van der Waals surface area contributed by atoms with Crippen LogP contribution in [0.15, 0.2) is 24.3 Å². The first kappa shape index (κ1) is 14.0. The van der Waals surface area contributed by atoms with Gasteiger partial charge in [0.1, 0.15) is 0 Å². The Labute approximate surface area is 105 Å². The number of unbranched alkanes of at least 4 members (excludes halogenated alkanes) is 2. The molecule has 0 saturated heterocycles. The van der Waals surface area contributed by atoms with Gasteiger partial charge in [0.2, 0.25) is 0 Å². The summed E-state index contributed by atoms with van der Waals surface area (Å²) in [7, 11) is 4.09. The minimum absolute atomic E-state index is 0.705. The number of anilines is 1. The van der Waals surface area contributed by atoms with Crippen LogP contribution in [0, 0.1) is 0 Å². The van der Waals surface area contributed by atoms with Crippen molar-refractivity contribution >= 4 is 5.69 Å². The molecule has 0 bridgehead atoms. The first-order chi connectivity index (χ1) is 8.24. The number of benzene rings is 1. The van der Waals surface area contributed by atoms with Crippen molar-refractivity contribution in [3.8, 4) is 0 Å². The van der Waals surface area contributed by atoms with Crippen LogP contribution in [0.5, 0.6) is 0 Å². The Bertz CT molecular complexity index is 296. The molecule has 17 heavy (non-hydrogen) atoms. The Balaban J connectivity index is 2.19. The Kier molecular flexibility index (Phi) is 6.67. The second kappa shape index (κ2) is 8.09. The van der Waals surface area contributed by atoms with Crippen LogP contribution in [-0.4, -0.2) is 27.2 Å². The number of nitrogens with zero attached hydrogens (tertiary/aromatic N) is 1. The van der Waals surface area contributed by atoms with Crippen LogP contribution in [-0.2, 0) is 11.3 Å². The molecule has 1 aromatic rings. The summed E-state index contributed by atoms with van der Waals surface area (Å²) in [6.45, 7) is 2.32. The van der Waals surface area contributed by atoms with E-state index in [1.54, 1.807) is 0 Å². The lowest BCUT2D eigenvalue weighted by molar-refractivity contribution is 0.117. The van der Waals surface area contributed by atoms with E-state index in [1.165, 1.54) is 11.3 Å². The predicted molar refractivity (Wildman–Crippen MR) is 73.3 cm³/mol. The van der Waals surface area contributed by atoms with Gasteiger partial charge in [-0.1, -0.05) is 12.1 Å². The van der Waals surface area contributed by atoms with Crippen LogP contribution < -0.4 is 10.6 Å². The maximum atomic E-state index is 5.61. The summed E-state index contributed by atoms with van der Waals surface area (Å²) in [6.07, 6.45) is 3.37. The lowest BCUT2D eigenvalue weighted by Gasteiger charge is -2.12. The van der Waals surface area contributed by atoms with E-state index >= 15 is 0 Å². The molecular formula is C14H24N2O. The summed E-state index contributed by atoms with van der Waals surface area (Å²) < 4.78 is 5.61. The highest BCUT2D eigenvalue weighted by molar-refractivity contribution is 5.45. The minimum Gasteiger partial charge on any atom is -0.378 e. The van der Waals surface area contributed by atoms with Crippen LogP contribution in [0.4, 0.5) is 5.69 Å². The number of nitrogens with two attached hydrogens (primary N) is 1. The lowest BCUT2D eigenvalue weighted by Crippen LogP contribution is -2.08. The zero-order valence-electron chi connectivity index (χ0n) is 11.0. The molecule has 0 unspecified atom stereocenters. The maximum Gasteiger partial charge on any atom is 0.0716 e. The van der Waals surface area contributed by atoms with Gasteiger partial charge in [0.15, 0.2) is 0 Å². The normalized spacial score (nSPS) is 10.5. The van der Waals surface area contributed by atoms with Crippen molar-refractivity contribution in [3.05, 3.63) is 29.8 Å². The Morgan fingerprint density at radius 1 is 1.06 bits per heavy atom. The lowest BCUT2D eigenvalue weighted by atomic mass is 10.2. The number of ether oxygens (including phenoxy) is 1. The Morgan fingerprint density at radius 3 is 2.35 bits per heavy atom. The summed E-state index contributed by atoms with van der Waals surface area (Å²) in [5, 5.41) is 0. The summed E-state index contributed by atoms with van der Waals surface area (Å²) in [6, 6.07) is 8.48. The van der Waals surface area contributed by atoms with Crippen LogP contribution in [0.25, 0.3) is 0 Å². The quantitative estimate of drug-likeness (QED) is 0.704. The van der Waals surface area contributed by atoms with Crippen molar-refractivity contribution in [2.45, 2.75) is 25.9 Å². The number of hydrogen-bond donors (Lipinski definition) is 1. The monoisotopic (exact) mass is 236 g/mol. The van der Waals surface area contributed by atoms with Gasteiger partial charge in [-0.3, -0.25) is 0 Å². The van der Waals surface area contributed by atoms with E-state index in [-0.39, 0.29) is 0 Å². The van der Waals surface area contributed by atoms with Gasteiger partial charge >= 0.3 is 0 Å². The molecule has 1 aromatic carbocycles. The third kappa shape index (κ3) is 5.71. The van der Waals surface area contributed by atoms with Crippen LogP contribution >= 0.6 is 0 Å². The van der Waals surface area contributed by atoms with Crippen molar-refractivity contribution in [1.82, 2.24) is 0 Å². The molecule has 0 saturated carbocycles. The second-order valence-electron chi connectivity index (χ2n) is 4.46. The average molecular weight is 236 g/mol. The smallest absolute Gasteiger partial charge is 0.0716 e. The highest BCUT2D eigenvalue weighted by Crippen LogP contribution is 2.12. The molecule has 0 aliphatic heterocycles. The van der Waals surface area contributed by atoms with E-state index in [2.05, 4.69) is 29.2 Å². The van der Waals surface area contributed by atoms with E-state index < -0.39 is 0 Å². The van der Waals surface area contributed by atoms with E-state index in [0.717, 1.165) is 32.4 Å². The standard InChI is InChI=1S/C14H24N2O/c1-16(2)14-8-6-13(7-9-14)12-17-11-5-3-4-10-15/h6-9H,3-5,10-12,15H2,1-2H3. The first-order valence-electron chi connectivity index (χ1n) is 6.28. The molecule has 0 amide bonds. The molecule has 3 nitrogen and oxygen atoms in total. The van der Waals surface area contributed by atoms with E-state index in [1.807, 2.05) is 14.1 Å². The molecule has 0 heterocycles. The molecule has 1 rings (SSSR count). The zero-order chi connectivity index (χ0) is 12.5. The summed E-state index contributed by atoms with van der Waals surface area (Å²) >= 11 is 0. The third-order valence-corrected chi connectivity index (χ3v) is 2.71. The molecule has 0 aromatic heterocycles. The SMILES string of the molecule is CN(C)c1ccc(COCCCCCN)cc1. The Hall–Kier alpha value is -1.06. The third-order valence-electron chi connectivity index (χ3n) is 2.71. The predicted octanol–water partition coefficient (Wildman–Crippen LogP) is 2.40. The topological polar surface area (TPSA) is 38.5 Å². The van der Waals surface area contributed by atoms with Gasteiger partial charge in [0, 0.05) is 26.4 Å². The van der Waals surface area contributed by atoms with E-state index in [0.29, 0.717) is 6.61 Å². The van der Waals surface area contributed by atoms with Gasteiger partial charge in [-0.2, -0.15) is 0 Å². The van der Waals surface area contributed by atoms with E-state index in [4.69, 9.17) is 10.5 Å². The van der Waals surface area contributed by atoms with Crippen LogP contribution in [0.1, 0.15) is 24.8 Å². The van der Waals surface area contributed by atoms with Gasteiger partial charge in [0.25, 0.3) is 0 Å². The average Bonchev–Trinajstić information content (AvgIpc) is 2.34. The van der Waals surface area contributed by atoms with Crippen molar-refractivity contribution in [2.75, 3.05) is 32.1 Å². The summed E-state index contributed by atoms with van der Waals surface area (Å²) in [5.41, 5.74) is 7.88. The summed E-state index contributed by atoms with van der Waals surface area (Å²) in [4.78, 5) is 2.09. The fourth-order valence-electron chi connectivity index (χ4n) is 1.61. The highest BCUT2D eigenvalue weighted by atomic mass is 16.5. The largest absolute Gasteiger partial charge is 0.378 e. The molecule has 0 atom stereocenters. The zero-order valence-corrected chi connectivity index (χ0v) is 11.0. The Morgan fingerprint density at radius 2 is 1.76 bits per heavy atom. The van der Waals surface area contributed by atoms with Crippen LogP contribution in [0.2, 0.25) is 0 Å². The molecule has 0 aliphatic rings. The van der Waals surface area contributed by atoms with Crippen molar-refractivity contribution in [3.63, 3.8) is 0 Å². The van der Waals surface area contributed by atoms with Crippen molar-refractivity contribution in [2.24, 2.45) is 5.73 Å². The van der Waals surface area contributed by atoms with E-state index in [9.17, 15) is 0 Å². The van der Waals surface area contributed by atoms with Gasteiger partial charge in [-0.15, -0.1) is 0 Å². The molecule has 0 fully saturated rings. The second-order valence-corrected chi connectivity index (χ2v) is 4.46. The molecule has 0 spiro atoms. The van der Waals surface area contributed by atoms with Gasteiger partial charge in [0.05, 0.1) is 6.61 Å². The fraction of sp³-hybridized carbons (Fsp3) is 0.571. The highest BCUT2D eigenvalue weighted by Gasteiger charge is 1.96. The van der Waals surface area contributed by atoms with Crippen molar-refractivity contribution in [1.29, 1.82) is 0 Å². The van der Waals surface area contributed by atoms with Gasteiger partial charge in [-0.25, -0.2) is 0 Å². The molecule has 96 valence electrons. The molecule has 2 N–H and O–H groups in total. The molecule has 0 aliphatic carbocycles. The molecular weight excluding hydrogens is 212 g/mol. The molecule has 3 heteroatoms. The van der Waals surface area contributed by atoms with Gasteiger partial charge < -0.3 is 15.4 Å². The fourth-order valence-corrected chi connectivity index (χ4v) is 1.61. The first-order valence-corrected chi connectivity index (χ1v) is 6.28. The van der Waals surface area contributed by atoms with Gasteiger partial charge in [-0.05, 0) is 43.5 Å². The van der Waals surface area contributed by atoms with Crippen LogP contribution in [0.3, 0.4) is 0 Å². The van der Waals surface area contributed by atoms with Crippen molar-refractivity contribution < 1.29 is 4.74 Å². The minimum atomic E-state index is 0.705. The maximum absolute atomic E-state index is 5.61.